The molecule has 0 aromatic heterocycles. The van der Waals surface area contributed by atoms with Crippen molar-refractivity contribution in [3.63, 3.8) is 0 Å². The Morgan fingerprint density at radius 1 is 0.347 bits per heavy atom. The molecular weight excluding hydrogens is 677 g/mol. The summed E-state index contributed by atoms with van der Waals surface area (Å²) in [7, 11) is 2.95. The van der Waals surface area contributed by atoms with Crippen LogP contribution in [0.5, 0.6) is 0 Å². The molecule has 0 saturated heterocycles. The third-order valence-electron chi connectivity index (χ3n) is 10.5. The fourth-order valence-corrected chi connectivity index (χ4v) is 19.1. The van der Waals surface area contributed by atoms with Gasteiger partial charge in [0.25, 0.3) is 0 Å². The van der Waals surface area contributed by atoms with Gasteiger partial charge in [-0.1, -0.05) is 167 Å². The molecule has 6 nitrogen and oxygen atoms in total. The zero-order valence-corrected chi connectivity index (χ0v) is 35.4. The average Bonchev–Trinajstić information content (AvgIpc) is 3.17. The van der Waals surface area contributed by atoms with Crippen molar-refractivity contribution in [3.8, 4) is 0 Å². The van der Waals surface area contributed by atoms with Crippen molar-refractivity contribution in [2.75, 3.05) is 42.7 Å². The Labute approximate surface area is 303 Å². The summed E-state index contributed by atoms with van der Waals surface area (Å²) in [6.45, 7) is 0. The highest BCUT2D eigenvalue weighted by molar-refractivity contribution is 6.82. The second-order valence-electron chi connectivity index (χ2n) is 13.2. The lowest BCUT2D eigenvalue weighted by molar-refractivity contribution is 0.255. The molecule has 0 atom stereocenters. The Hall–Kier alpha value is -1.71. The molecule has 0 amide bonds. The molecule has 0 aliphatic rings. The predicted molar refractivity (Wildman–Crippen MR) is 215 cm³/mol. The summed E-state index contributed by atoms with van der Waals surface area (Å²) in [4.78, 5) is 0. The van der Waals surface area contributed by atoms with Crippen molar-refractivity contribution in [1.29, 1.82) is 0 Å². The van der Waals surface area contributed by atoms with E-state index in [0.717, 1.165) is 37.4 Å². The summed E-state index contributed by atoms with van der Waals surface area (Å²) in [6, 6.07) is 39.0. The Bertz CT molecular complexity index is 1090. The molecule has 10 heteroatoms. The topological polar surface area (TPSA) is 55.4 Å². The van der Waals surface area contributed by atoms with E-state index < -0.39 is 34.5 Å². The fraction of sp³-hybridized carbons (Fsp3) is 0.538. The number of unbranched alkanes of at least 4 members (excludes halogenated alkanes) is 6. The second kappa shape index (κ2) is 23.0. The van der Waals surface area contributed by atoms with Crippen molar-refractivity contribution in [2.24, 2.45) is 0 Å². The minimum Gasteiger partial charge on any atom is -0.394 e. The first-order chi connectivity index (χ1) is 24.0. The van der Waals surface area contributed by atoms with Crippen LogP contribution in [0.3, 0.4) is 0 Å². The highest BCUT2D eigenvalue weighted by Crippen LogP contribution is 2.24. The Balaban J connectivity index is 1.51. The van der Waals surface area contributed by atoms with E-state index in [9.17, 15) is 0 Å². The SMILES string of the molecule is CO[Si](CCCCC[SiH](CCCCC[Si](OC)(OC)c1ccccc1)CCCCC[Si](OC)(OC)c1ccccc1)(OC)c1ccccc1. The van der Waals surface area contributed by atoms with Gasteiger partial charge in [0.05, 0.1) is 0 Å². The summed E-state index contributed by atoms with van der Waals surface area (Å²) in [5.41, 5.74) is 0. The van der Waals surface area contributed by atoms with Crippen molar-refractivity contribution in [2.45, 2.75) is 94.1 Å². The molecule has 0 aliphatic carbocycles. The van der Waals surface area contributed by atoms with E-state index in [1.54, 1.807) is 0 Å². The fourth-order valence-electron chi connectivity index (χ4n) is 7.41. The first-order valence-corrected chi connectivity index (χ1v) is 27.0. The molecule has 3 aromatic rings. The minimum atomic E-state index is -2.37. The normalized spacial score (nSPS) is 12.6. The van der Waals surface area contributed by atoms with Gasteiger partial charge in [-0.15, -0.1) is 0 Å². The van der Waals surface area contributed by atoms with Gasteiger partial charge in [-0.2, -0.15) is 0 Å². The third kappa shape index (κ3) is 12.5. The van der Waals surface area contributed by atoms with Gasteiger partial charge in [0, 0.05) is 51.5 Å². The zero-order chi connectivity index (χ0) is 35.3. The Morgan fingerprint density at radius 2 is 0.592 bits per heavy atom. The van der Waals surface area contributed by atoms with E-state index in [-0.39, 0.29) is 0 Å². The van der Waals surface area contributed by atoms with E-state index in [2.05, 4.69) is 91.0 Å². The predicted octanol–water partition coefficient (Wildman–Crippen LogP) is 7.65. The first kappa shape index (κ1) is 41.7. The molecule has 0 saturated carbocycles. The van der Waals surface area contributed by atoms with E-state index in [4.69, 9.17) is 26.6 Å². The van der Waals surface area contributed by atoms with Gasteiger partial charge < -0.3 is 26.6 Å². The van der Waals surface area contributed by atoms with Crippen LogP contribution in [0.1, 0.15) is 57.8 Å². The van der Waals surface area contributed by atoms with Crippen LogP contribution in [0.25, 0.3) is 0 Å². The highest BCUT2D eigenvalue weighted by atomic mass is 28.4. The summed E-state index contributed by atoms with van der Waals surface area (Å²) >= 11 is 0. The minimum absolute atomic E-state index is 0.863. The van der Waals surface area contributed by atoms with Crippen LogP contribution in [0, 0.1) is 0 Å². The average molecular weight is 741 g/mol. The van der Waals surface area contributed by atoms with Gasteiger partial charge >= 0.3 is 25.7 Å². The lowest BCUT2D eigenvalue weighted by atomic mass is 10.3. The number of rotatable bonds is 27. The molecule has 0 radical (unpaired) electrons. The van der Waals surface area contributed by atoms with Crippen LogP contribution in [-0.4, -0.2) is 77.1 Å². The van der Waals surface area contributed by atoms with Gasteiger partial charge in [-0.3, -0.25) is 0 Å². The largest absolute Gasteiger partial charge is 0.394 e. The molecular formula is C39H64O6Si4. The van der Waals surface area contributed by atoms with Crippen LogP contribution < -0.4 is 15.6 Å². The van der Waals surface area contributed by atoms with Crippen LogP contribution in [-0.2, 0) is 26.6 Å². The maximum Gasteiger partial charge on any atom is 0.371 e. The van der Waals surface area contributed by atoms with E-state index in [1.165, 1.54) is 72.2 Å². The first-order valence-electron chi connectivity index (χ1n) is 18.4. The van der Waals surface area contributed by atoms with Crippen molar-refractivity contribution < 1.29 is 26.6 Å². The van der Waals surface area contributed by atoms with Crippen molar-refractivity contribution in [3.05, 3.63) is 91.0 Å². The highest BCUT2D eigenvalue weighted by Gasteiger charge is 2.39. The van der Waals surface area contributed by atoms with Crippen LogP contribution in [0.15, 0.2) is 91.0 Å². The third-order valence-corrected chi connectivity index (χ3v) is 24.8. The molecule has 0 fully saturated rings. The van der Waals surface area contributed by atoms with Crippen LogP contribution in [0.2, 0.25) is 36.3 Å². The van der Waals surface area contributed by atoms with Crippen LogP contribution in [0.4, 0.5) is 0 Å². The molecule has 272 valence electrons. The molecule has 0 heterocycles. The Morgan fingerprint density at radius 3 is 0.816 bits per heavy atom. The van der Waals surface area contributed by atoms with E-state index in [0.29, 0.717) is 0 Å². The molecule has 0 N–H and O–H groups in total. The molecule has 49 heavy (non-hydrogen) atoms. The van der Waals surface area contributed by atoms with Gasteiger partial charge in [0.1, 0.15) is 0 Å². The molecule has 0 unspecified atom stereocenters. The Kier molecular flexibility index (Phi) is 19.6. The molecule has 0 aliphatic heterocycles. The monoisotopic (exact) mass is 740 g/mol. The smallest absolute Gasteiger partial charge is 0.371 e. The van der Waals surface area contributed by atoms with Crippen molar-refractivity contribution >= 4 is 50.0 Å². The molecule has 3 aromatic carbocycles. The molecule has 0 bridgehead atoms. The van der Waals surface area contributed by atoms with Gasteiger partial charge in [-0.25, -0.2) is 0 Å². The van der Waals surface area contributed by atoms with Gasteiger partial charge in [0.15, 0.2) is 0 Å². The number of hydrogen-bond acceptors (Lipinski definition) is 6. The van der Waals surface area contributed by atoms with Crippen LogP contribution >= 0.6 is 0 Å². The van der Waals surface area contributed by atoms with Gasteiger partial charge in [0.2, 0.25) is 0 Å². The standard InChI is InChI=1S/C39H64O6Si4/c1-40-47(41-2,37-25-13-7-14-26-37)34-22-10-19-31-46(32-20-11-23-35-48(42-3,43-4)38-27-15-8-16-28-38)33-21-12-24-36-49(44-5,45-6)39-29-17-9-18-30-39/h7-9,13-18,25-30,46H,10-12,19-24,31-36H2,1-6H3. The lowest BCUT2D eigenvalue weighted by Crippen LogP contribution is -2.52. The van der Waals surface area contributed by atoms with E-state index in [1.807, 2.05) is 42.7 Å². The van der Waals surface area contributed by atoms with Crippen molar-refractivity contribution in [1.82, 2.24) is 0 Å². The lowest BCUT2D eigenvalue weighted by Gasteiger charge is -2.28. The summed E-state index contributed by atoms with van der Waals surface area (Å²) in [5, 5.41) is 3.69. The number of benzene rings is 3. The second-order valence-corrected chi connectivity index (χ2v) is 26.9. The van der Waals surface area contributed by atoms with E-state index >= 15 is 0 Å². The summed E-state index contributed by atoms with van der Waals surface area (Å²) < 4.78 is 36.5. The zero-order valence-electron chi connectivity index (χ0n) is 31.3. The quantitative estimate of drug-likeness (QED) is 0.0592. The number of hydrogen-bond donors (Lipinski definition) is 0. The summed E-state index contributed by atoms with van der Waals surface area (Å²) in [6.07, 6.45) is 11.2. The molecule has 0 spiro atoms. The maximum absolute atomic E-state index is 6.08. The maximum atomic E-state index is 6.08. The summed E-state index contributed by atoms with van der Waals surface area (Å²) in [5.74, 6) is 0. The van der Waals surface area contributed by atoms with Gasteiger partial charge in [-0.05, 0) is 33.7 Å². The molecule has 3 rings (SSSR count).